The summed E-state index contributed by atoms with van der Waals surface area (Å²) in [5.74, 6) is 0.154. The van der Waals surface area contributed by atoms with Gasteiger partial charge in [0.25, 0.3) is 11.8 Å². The number of ether oxygens (including phenoxy) is 1. The van der Waals surface area contributed by atoms with Crippen molar-refractivity contribution in [2.75, 3.05) is 44.2 Å². The molecule has 30 heavy (non-hydrogen) atoms. The van der Waals surface area contributed by atoms with Gasteiger partial charge < -0.3 is 14.5 Å². The van der Waals surface area contributed by atoms with Crippen LogP contribution in [0.4, 0.5) is 5.69 Å². The van der Waals surface area contributed by atoms with Crippen molar-refractivity contribution in [3.8, 4) is 5.75 Å². The summed E-state index contributed by atoms with van der Waals surface area (Å²) in [6.45, 7) is 9.03. The van der Waals surface area contributed by atoms with Crippen molar-refractivity contribution < 1.29 is 14.3 Å². The summed E-state index contributed by atoms with van der Waals surface area (Å²) in [5, 5.41) is 1.94. The monoisotopic (exact) mass is 425 g/mol. The van der Waals surface area contributed by atoms with Crippen molar-refractivity contribution in [2.24, 2.45) is 0 Å². The van der Waals surface area contributed by atoms with Crippen LogP contribution in [0.1, 0.15) is 25.1 Å². The number of amides is 2. The van der Waals surface area contributed by atoms with Gasteiger partial charge >= 0.3 is 0 Å². The van der Waals surface area contributed by atoms with E-state index >= 15 is 0 Å². The highest BCUT2D eigenvalue weighted by Crippen LogP contribution is 2.37. The number of rotatable bonds is 7. The molecule has 1 aromatic heterocycles. The predicted octanol–water partition coefficient (Wildman–Crippen LogP) is 3.46. The molecule has 158 valence electrons. The molecule has 7 heteroatoms. The van der Waals surface area contributed by atoms with Crippen LogP contribution >= 0.6 is 11.3 Å². The number of likely N-dealkylation sites (N-methyl/N-ethyl adjacent to an activating group) is 1. The molecule has 0 radical (unpaired) electrons. The topological polar surface area (TPSA) is 53.1 Å². The number of piperazine rings is 1. The van der Waals surface area contributed by atoms with E-state index in [9.17, 15) is 9.59 Å². The molecule has 0 unspecified atom stereocenters. The summed E-state index contributed by atoms with van der Waals surface area (Å²) < 4.78 is 5.72. The van der Waals surface area contributed by atoms with Crippen LogP contribution in [-0.4, -0.2) is 60.9 Å². The van der Waals surface area contributed by atoms with Gasteiger partial charge in [-0.15, -0.1) is 11.3 Å². The molecule has 0 spiro atoms. The molecule has 0 atom stereocenters. The number of hydrogen-bond donors (Lipinski definition) is 0. The molecule has 0 saturated carbocycles. The van der Waals surface area contributed by atoms with Crippen LogP contribution in [0.25, 0.3) is 5.57 Å². The summed E-state index contributed by atoms with van der Waals surface area (Å²) in [6, 6.07) is 11.1. The molecule has 2 aliphatic rings. The van der Waals surface area contributed by atoms with Crippen molar-refractivity contribution >= 4 is 34.4 Å². The summed E-state index contributed by atoms with van der Waals surface area (Å²) >= 11 is 1.49. The number of benzene rings is 1. The standard InChI is InChI=1S/C23H27N3O3S/c1-3-14-29-18-8-5-7-17(16-18)26-22(27)20(19-9-6-15-30-19)21(23(26)28)25-12-10-24(4-2)11-13-25/h5-9,15-16H,3-4,10-14H2,1-2H3. The first-order valence-corrected chi connectivity index (χ1v) is 11.4. The van der Waals surface area contributed by atoms with Crippen molar-refractivity contribution in [2.45, 2.75) is 20.3 Å². The van der Waals surface area contributed by atoms with Crippen molar-refractivity contribution in [1.82, 2.24) is 9.80 Å². The van der Waals surface area contributed by atoms with E-state index in [1.807, 2.05) is 36.6 Å². The zero-order valence-electron chi connectivity index (χ0n) is 17.5. The summed E-state index contributed by atoms with van der Waals surface area (Å²) in [5.41, 5.74) is 1.59. The van der Waals surface area contributed by atoms with E-state index in [0.717, 1.165) is 44.0 Å². The average molecular weight is 426 g/mol. The second-order valence-electron chi connectivity index (χ2n) is 7.41. The van der Waals surface area contributed by atoms with E-state index < -0.39 is 0 Å². The Balaban J connectivity index is 1.69. The molecule has 0 bridgehead atoms. The molecule has 2 aliphatic heterocycles. The smallest absolute Gasteiger partial charge is 0.282 e. The van der Waals surface area contributed by atoms with E-state index in [-0.39, 0.29) is 11.8 Å². The third kappa shape index (κ3) is 3.87. The highest BCUT2D eigenvalue weighted by Gasteiger charge is 2.43. The van der Waals surface area contributed by atoms with Gasteiger partial charge in [0.1, 0.15) is 11.4 Å². The average Bonchev–Trinajstić information content (AvgIpc) is 3.38. The Kier molecular flexibility index (Phi) is 6.20. The lowest BCUT2D eigenvalue weighted by molar-refractivity contribution is -0.120. The van der Waals surface area contributed by atoms with E-state index in [2.05, 4.69) is 16.7 Å². The maximum Gasteiger partial charge on any atom is 0.282 e. The van der Waals surface area contributed by atoms with E-state index in [0.29, 0.717) is 29.3 Å². The summed E-state index contributed by atoms with van der Waals surface area (Å²) in [4.78, 5) is 33.6. The van der Waals surface area contributed by atoms with Crippen molar-refractivity contribution in [3.05, 3.63) is 52.4 Å². The predicted molar refractivity (Wildman–Crippen MR) is 120 cm³/mol. The minimum atomic E-state index is -0.261. The molecule has 1 aromatic carbocycles. The van der Waals surface area contributed by atoms with Crippen LogP contribution in [0.3, 0.4) is 0 Å². The van der Waals surface area contributed by atoms with Crippen LogP contribution in [0.15, 0.2) is 47.5 Å². The molecule has 0 N–H and O–H groups in total. The zero-order valence-corrected chi connectivity index (χ0v) is 18.3. The minimum Gasteiger partial charge on any atom is -0.494 e. The van der Waals surface area contributed by atoms with Gasteiger partial charge in [-0.25, -0.2) is 4.90 Å². The lowest BCUT2D eigenvalue weighted by atomic mass is 10.1. The number of carbonyl (C=O) groups is 2. The highest BCUT2D eigenvalue weighted by molar-refractivity contribution is 7.11. The first kappa shape index (κ1) is 20.6. The Morgan fingerprint density at radius 1 is 1.00 bits per heavy atom. The lowest BCUT2D eigenvalue weighted by Crippen LogP contribution is -2.47. The Bertz CT molecular complexity index is 946. The fraction of sp³-hybridized carbons (Fsp3) is 0.391. The first-order valence-electron chi connectivity index (χ1n) is 10.5. The lowest BCUT2D eigenvalue weighted by Gasteiger charge is -2.35. The second-order valence-corrected chi connectivity index (χ2v) is 8.36. The Labute approximate surface area is 181 Å². The second kappa shape index (κ2) is 9.02. The fourth-order valence-corrected chi connectivity index (χ4v) is 4.67. The number of nitrogens with zero attached hydrogens (tertiary/aromatic N) is 3. The Morgan fingerprint density at radius 3 is 2.47 bits per heavy atom. The third-order valence-corrected chi connectivity index (χ3v) is 6.40. The summed E-state index contributed by atoms with van der Waals surface area (Å²) in [7, 11) is 0. The number of thiophene rings is 1. The molecule has 0 aliphatic carbocycles. The molecule has 1 saturated heterocycles. The molecule has 6 nitrogen and oxygen atoms in total. The van der Waals surface area contributed by atoms with Gasteiger partial charge in [0.05, 0.1) is 17.9 Å². The van der Waals surface area contributed by atoms with E-state index in [1.165, 1.54) is 16.2 Å². The maximum atomic E-state index is 13.6. The van der Waals surface area contributed by atoms with Crippen molar-refractivity contribution in [3.63, 3.8) is 0 Å². The SMILES string of the molecule is CCCOc1cccc(N2C(=O)C(c3cccs3)=C(N3CCN(CC)CC3)C2=O)c1. The molecular formula is C23H27N3O3S. The van der Waals surface area contributed by atoms with E-state index in [1.54, 1.807) is 12.1 Å². The summed E-state index contributed by atoms with van der Waals surface area (Å²) in [6.07, 6.45) is 0.893. The molecular weight excluding hydrogens is 398 g/mol. The van der Waals surface area contributed by atoms with Gasteiger partial charge in [-0.1, -0.05) is 26.0 Å². The number of carbonyl (C=O) groups excluding carboxylic acids is 2. The Morgan fingerprint density at radius 2 is 1.80 bits per heavy atom. The Hall–Kier alpha value is -2.64. The van der Waals surface area contributed by atoms with Gasteiger partial charge in [-0.3, -0.25) is 9.59 Å². The van der Waals surface area contributed by atoms with Gasteiger partial charge in [0.2, 0.25) is 0 Å². The quantitative estimate of drug-likeness (QED) is 0.636. The minimum absolute atomic E-state index is 0.249. The normalized spacial score (nSPS) is 17.9. The van der Waals surface area contributed by atoms with Crippen LogP contribution in [0.5, 0.6) is 5.75 Å². The van der Waals surface area contributed by atoms with E-state index in [4.69, 9.17) is 4.74 Å². The highest BCUT2D eigenvalue weighted by atomic mass is 32.1. The zero-order chi connectivity index (χ0) is 21.1. The van der Waals surface area contributed by atoms with Gasteiger partial charge in [0.15, 0.2) is 0 Å². The van der Waals surface area contributed by atoms with Crippen molar-refractivity contribution in [1.29, 1.82) is 0 Å². The molecule has 3 heterocycles. The van der Waals surface area contributed by atoms with Crippen LogP contribution < -0.4 is 9.64 Å². The molecule has 1 fully saturated rings. The number of hydrogen-bond acceptors (Lipinski definition) is 6. The van der Waals surface area contributed by atoms with Gasteiger partial charge in [-0.2, -0.15) is 0 Å². The molecule has 2 aromatic rings. The van der Waals surface area contributed by atoms with Gasteiger partial charge in [0, 0.05) is 37.1 Å². The van der Waals surface area contributed by atoms with Crippen LogP contribution in [0.2, 0.25) is 0 Å². The first-order chi connectivity index (χ1) is 14.6. The third-order valence-electron chi connectivity index (χ3n) is 5.51. The largest absolute Gasteiger partial charge is 0.494 e. The fourth-order valence-electron chi connectivity index (χ4n) is 3.91. The van der Waals surface area contributed by atoms with Crippen LogP contribution in [0, 0.1) is 0 Å². The number of imide groups is 1. The molecule has 4 rings (SSSR count). The number of anilines is 1. The van der Waals surface area contributed by atoms with Gasteiger partial charge in [-0.05, 0) is 36.5 Å². The maximum absolute atomic E-state index is 13.6. The molecule has 2 amide bonds. The van der Waals surface area contributed by atoms with Crippen LogP contribution in [-0.2, 0) is 9.59 Å².